The third kappa shape index (κ3) is 6.27. The fraction of sp³-hybridized carbons (Fsp3) is 0.429. The first-order valence-electron chi connectivity index (χ1n) is 9.95. The molecular weight excluding hydrogens is 403 g/mol. The van der Waals surface area contributed by atoms with Crippen LogP contribution in [0, 0.1) is 5.82 Å². The van der Waals surface area contributed by atoms with Crippen LogP contribution in [0.3, 0.4) is 0 Å². The second-order valence-electron chi connectivity index (χ2n) is 8.24. The molecule has 3 N–H and O–H groups in total. The van der Waals surface area contributed by atoms with Gasteiger partial charge < -0.3 is 25.1 Å². The molecule has 166 valence electrons. The Balaban J connectivity index is 1.66. The van der Waals surface area contributed by atoms with Gasteiger partial charge in [-0.2, -0.15) is 0 Å². The van der Waals surface area contributed by atoms with Gasteiger partial charge in [-0.25, -0.2) is 24.1 Å². The third-order valence-electron chi connectivity index (χ3n) is 4.19. The summed E-state index contributed by atoms with van der Waals surface area (Å²) < 4.78 is 24.9. The summed E-state index contributed by atoms with van der Waals surface area (Å²) in [5.74, 6) is 0.384. The van der Waals surface area contributed by atoms with Gasteiger partial charge in [0.05, 0.1) is 24.6 Å². The van der Waals surface area contributed by atoms with Crippen molar-refractivity contribution in [3.05, 3.63) is 42.1 Å². The first kappa shape index (κ1) is 22.3. The second-order valence-corrected chi connectivity index (χ2v) is 8.24. The number of nitrogens with one attached hydrogen (secondary N) is 3. The van der Waals surface area contributed by atoms with Gasteiger partial charge in [-0.1, -0.05) is 0 Å². The van der Waals surface area contributed by atoms with Crippen molar-refractivity contribution >= 4 is 23.1 Å². The van der Waals surface area contributed by atoms with Gasteiger partial charge in [0.15, 0.2) is 5.65 Å². The maximum absolute atomic E-state index is 13.9. The molecule has 0 aliphatic heterocycles. The molecule has 1 amide bonds. The molecule has 31 heavy (non-hydrogen) atoms. The first-order chi connectivity index (χ1) is 14.6. The van der Waals surface area contributed by atoms with Gasteiger partial charge in [-0.15, -0.1) is 0 Å². The molecule has 0 spiro atoms. The minimum absolute atomic E-state index is 0.135. The number of hydrogen-bond acceptors (Lipinski definition) is 7. The molecule has 3 aromatic heterocycles. The number of hydrogen-bond donors (Lipinski definition) is 3. The van der Waals surface area contributed by atoms with Crippen LogP contribution in [-0.4, -0.2) is 44.3 Å². The van der Waals surface area contributed by atoms with E-state index in [1.807, 2.05) is 13.0 Å². The van der Waals surface area contributed by atoms with Crippen LogP contribution in [0.2, 0.25) is 0 Å². The molecule has 0 saturated carbocycles. The number of rotatable bonds is 7. The molecule has 10 heteroatoms. The molecule has 0 bridgehead atoms. The third-order valence-corrected chi connectivity index (χ3v) is 4.19. The van der Waals surface area contributed by atoms with E-state index in [2.05, 4.69) is 30.6 Å². The summed E-state index contributed by atoms with van der Waals surface area (Å²) in [6, 6.07) is 4.29. The first-order valence-corrected chi connectivity index (χ1v) is 9.95. The fourth-order valence-corrected chi connectivity index (χ4v) is 2.83. The summed E-state index contributed by atoms with van der Waals surface area (Å²) in [6.45, 7) is 9.13. The molecule has 0 saturated heterocycles. The highest BCUT2D eigenvalue weighted by atomic mass is 19.1. The van der Waals surface area contributed by atoms with Gasteiger partial charge in [0, 0.05) is 5.56 Å². The van der Waals surface area contributed by atoms with Crippen LogP contribution in [0.15, 0.2) is 30.7 Å². The summed E-state index contributed by atoms with van der Waals surface area (Å²) in [5, 5.41) is 5.92. The van der Waals surface area contributed by atoms with Crippen LogP contribution in [-0.2, 0) is 4.74 Å². The van der Waals surface area contributed by atoms with Crippen LogP contribution >= 0.6 is 0 Å². The molecule has 0 aromatic carbocycles. The van der Waals surface area contributed by atoms with Gasteiger partial charge in [0.1, 0.15) is 29.4 Å². The SMILES string of the molecule is CC(COc1ncc(F)cc1C(C)Nc1ccc2nc[nH]c2n1)NC(=O)OC(C)(C)C. The van der Waals surface area contributed by atoms with Crippen molar-refractivity contribution in [2.24, 2.45) is 0 Å². The predicted octanol–water partition coefficient (Wildman–Crippen LogP) is 3.96. The van der Waals surface area contributed by atoms with Crippen molar-refractivity contribution < 1.29 is 18.7 Å². The van der Waals surface area contributed by atoms with Crippen molar-refractivity contribution in [3.63, 3.8) is 0 Å². The monoisotopic (exact) mass is 430 g/mol. The Labute approximate surface area is 179 Å². The average molecular weight is 430 g/mol. The second kappa shape index (κ2) is 9.15. The quantitative estimate of drug-likeness (QED) is 0.520. The Morgan fingerprint density at radius 2 is 2.03 bits per heavy atom. The molecule has 2 atom stereocenters. The number of nitrogens with zero attached hydrogens (tertiary/aromatic N) is 3. The van der Waals surface area contributed by atoms with E-state index in [9.17, 15) is 9.18 Å². The largest absolute Gasteiger partial charge is 0.475 e. The van der Waals surface area contributed by atoms with Crippen molar-refractivity contribution in [1.82, 2.24) is 25.3 Å². The maximum atomic E-state index is 13.9. The Bertz CT molecular complexity index is 1050. The van der Waals surface area contributed by atoms with E-state index in [4.69, 9.17) is 9.47 Å². The maximum Gasteiger partial charge on any atom is 0.407 e. The minimum atomic E-state index is -0.593. The lowest BCUT2D eigenvalue weighted by Gasteiger charge is -2.22. The normalized spacial score (nSPS) is 13.5. The molecule has 3 heterocycles. The molecule has 0 aliphatic rings. The molecule has 0 radical (unpaired) electrons. The van der Waals surface area contributed by atoms with Gasteiger partial charge >= 0.3 is 6.09 Å². The molecule has 3 rings (SSSR count). The van der Waals surface area contributed by atoms with Crippen molar-refractivity contribution in [2.75, 3.05) is 11.9 Å². The summed E-state index contributed by atoms with van der Waals surface area (Å²) in [6.07, 6.45) is 2.12. The van der Waals surface area contributed by atoms with E-state index < -0.39 is 17.5 Å². The fourth-order valence-electron chi connectivity index (χ4n) is 2.83. The van der Waals surface area contributed by atoms with Crippen LogP contribution < -0.4 is 15.4 Å². The van der Waals surface area contributed by atoms with E-state index in [0.717, 1.165) is 11.7 Å². The summed E-state index contributed by atoms with van der Waals surface area (Å²) in [7, 11) is 0. The number of ether oxygens (including phenoxy) is 2. The molecular formula is C21H27FN6O3. The number of carbonyl (C=O) groups excluding carboxylic acids is 1. The number of aromatic amines is 1. The molecule has 2 unspecified atom stereocenters. The summed E-state index contributed by atoms with van der Waals surface area (Å²) in [4.78, 5) is 27.5. The van der Waals surface area contributed by atoms with Gasteiger partial charge in [-0.3, -0.25) is 0 Å². The summed E-state index contributed by atoms with van der Waals surface area (Å²) in [5.41, 5.74) is 1.33. The minimum Gasteiger partial charge on any atom is -0.475 e. The standard InChI is InChI=1S/C21H27FN6O3/c1-12(26-20(29)31-21(3,4)5)10-30-19-15(8-14(22)9-23-19)13(2)27-17-7-6-16-18(28-17)25-11-24-16/h6-9,11-13H,10H2,1-5H3,(H,26,29)(H2,24,25,27,28). The van der Waals surface area contributed by atoms with Crippen molar-refractivity contribution in [2.45, 2.75) is 52.3 Å². The predicted molar refractivity (Wildman–Crippen MR) is 114 cm³/mol. The van der Waals surface area contributed by atoms with Gasteiger partial charge in [0.25, 0.3) is 0 Å². The lowest BCUT2D eigenvalue weighted by atomic mass is 10.1. The molecule has 3 aromatic rings. The van der Waals surface area contributed by atoms with E-state index in [-0.39, 0.29) is 24.6 Å². The van der Waals surface area contributed by atoms with Crippen LogP contribution in [0.5, 0.6) is 5.88 Å². The highest BCUT2D eigenvalue weighted by Crippen LogP contribution is 2.27. The van der Waals surface area contributed by atoms with Crippen LogP contribution in [0.4, 0.5) is 15.0 Å². The average Bonchev–Trinajstić information content (AvgIpc) is 3.13. The number of H-pyrrole nitrogens is 1. The van der Waals surface area contributed by atoms with E-state index in [1.165, 1.54) is 6.07 Å². The smallest absolute Gasteiger partial charge is 0.407 e. The number of alkyl carbamates (subject to hydrolysis) is 1. The van der Waals surface area contributed by atoms with E-state index >= 15 is 0 Å². The lowest BCUT2D eigenvalue weighted by molar-refractivity contribution is 0.0493. The van der Waals surface area contributed by atoms with Crippen LogP contribution in [0.25, 0.3) is 11.2 Å². The number of carbonyl (C=O) groups is 1. The Kier molecular flexibility index (Phi) is 6.57. The number of pyridine rings is 2. The van der Waals surface area contributed by atoms with Crippen molar-refractivity contribution in [1.29, 1.82) is 0 Å². The topological polar surface area (TPSA) is 114 Å². The number of amides is 1. The number of halogens is 1. The zero-order chi connectivity index (χ0) is 22.6. The number of aromatic nitrogens is 4. The number of anilines is 1. The highest BCUT2D eigenvalue weighted by molar-refractivity contribution is 5.72. The molecule has 9 nitrogen and oxygen atoms in total. The van der Waals surface area contributed by atoms with Crippen molar-refractivity contribution in [3.8, 4) is 5.88 Å². The lowest BCUT2D eigenvalue weighted by Crippen LogP contribution is -2.40. The molecule has 0 fully saturated rings. The number of imidazole rings is 1. The Hall–Kier alpha value is -3.43. The van der Waals surface area contributed by atoms with Gasteiger partial charge in [0.2, 0.25) is 5.88 Å². The van der Waals surface area contributed by atoms with E-state index in [0.29, 0.717) is 17.0 Å². The van der Waals surface area contributed by atoms with Gasteiger partial charge in [-0.05, 0) is 52.8 Å². The van der Waals surface area contributed by atoms with E-state index in [1.54, 1.807) is 40.1 Å². The Morgan fingerprint density at radius 3 is 2.77 bits per heavy atom. The zero-order valence-electron chi connectivity index (χ0n) is 18.2. The summed E-state index contributed by atoms with van der Waals surface area (Å²) >= 11 is 0. The molecule has 0 aliphatic carbocycles. The zero-order valence-corrected chi connectivity index (χ0v) is 18.2. The van der Waals surface area contributed by atoms with Crippen LogP contribution in [0.1, 0.15) is 46.2 Å². The number of fused-ring (bicyclic) bond motifs is 1. The highest BCUT2D eigenvalue weighted by Gasteiger charge is 2.20. The Morgan fingerprint density at radius 1 is 1.26 bits per heavy atom.